The van der Waals surface area contributed by atoms with Gasteiger partial charge in [0.25, 0.3) is 0 Å². The lowest BCUT2D eigenvalue weighted by Gasteiger charge is -2.21. The summed E-state index contributed by atoms with van der Waals surface area (Å²) in [6, 6.07) is 8.88. The van der Waals surface area contributed by atoms with Crippen LogP contribution in [0.4, 0.5) is 0 Å². The van der Waals surface area contributed by atoms with Crippen molar-refractivity contribution in [1.29, 1.82) is 0 Å². The summed E-state index contributed by atoms with van der Waals surface area (Å²) in [5, 5.41) is 25.1. The van der Waals surface area contributed by atoms with Crippen molar-refractivity contribution in [2.45, 2.75) is 45.8 Å². The second-order valence-electron chi connectivity index (χ2n) is 5.86. The van der Waals surface area contributed by atoms with Crippen LogP contribution in [0.1, 0.15) is 39.7 Å². The van der Waals surface area contributed by atoms with E-state index in [-0.39, 0.29) is 18.4 Å². The van der Waals surface area contributed by atoms with Crippen LogP contribution < -0.4 is 5.32 Å². The Morgan fingerprint density at radius 1 is 1.25 bits per heavy atom. The Morgan fingerprint density at radius 2 is 1.92 bits per heavy atom. The summed E-state index contributed by atoms with van der Waals surface area (Å²) >= 11 is 0. The van der Waals surface area contributed by atoms with Gasteiger partial charge in [-0.2, -0.15) is 4.80 Å². The number of rotatable bonds is 8. The van der Waals surface area contributed by atoms with Gasteiger partial charge in [-0.25, -0.2) is 0 Å². The number of benzene rings is 1. The molecule has 0 radical (unpaired) electrons. The topological polar surface area (TPSA) is 92.9 Å². The predicted molar refractivity (Wildman–Crippen MR) is 91.1 cm³/mol. The molecule has 1 heterocycles. The van der Waals surface area contributed by atoms with Crippen LogP contribution in [0.5, 0.6) is 0 Å². The van der Waals surface area contributed by atoms with Gasteiger partial charge in [0.2, 0.25) is 11.7 Å². The molecule has 2 aromatic rings. The van der Waals surface area contributed by atoms with E-state index in [2.05, 4.69) is 20.7 Å². The number of carbonyl (C=O) groups is 1. The van der Waals surface area contributed by atoms with Gasteiger partial charge in [-0.15, -0.1) is 10.2 Å². The molecule has 2 atom stereocenters. The Bertz CT molecular complexity index is 639. The van der Waals surface area contributed by atoms with Crippen molar-refractivity contribution in [2.24, 2.45) is 5.92 Å². The molecule has 1 aromatic heterocycles. The molecule has 130 valence electrons. The fraction of sp³-hybridized carbons (Fsp3) is 0.529. The smallest absolute Gasteiger partial charge is 0.246 e. The summed E-state index contributed by atoms with van der Waals surface area (Å²) in [5.41, 5.74) is 0.848. The van der Waals surface area contributed by atoms with Gasteiger partial charge in [0.05, 0.1) is 6.10 Å². The van der Waals surface area contributed by atoms with Crippen molar-refractivity contribution >= 4 is 5.91 Å². The van der Waals surface area contributed by atoms with Crippen LogP contribution in [0.15, 0.2) is 30.3 Å². The van der Waals surface area contributed by atoms with E-state index in [1.54, 1.807) is 6.92 Å². The Balaban J connectivity index is 1.95. The summed E-state index contributed by atoms with van der Waals surface area (Å²) in [4.78, 5) is 13.5. The zero-order valence-electron chi connectivity index (χ0n) is 14.4. The number of hydrogen-bond acceptors (Lipinski definition) is 5. The van der Waals surface area contributed by atoms with Gasteiger partial charge in [0.15, 0.2) is 0 Å². The molecule has 2 N–H and O–H groups in total. The van der Waals surface area contributed by atoms with Crippen molar-refractivity contribution in [1.82, 2.24) is 25.5 Å². The number of carbonyl (C=O) groups excluding carboxylic acids is 1. The summed E-state index contributed by atoms with van der Waals surface area (Å²) in [7, 11) is 0. The predicted octanol–water partition coefficient (Wildman–Crippen LogP) is 1.81. The minimum atomic E-state index is -0.594. The van der Waals surface area contributed by atoms with Gasteiger partial charge < -0.3 is 10.4 Å². The monoisotopic (exact) mass is 331 g/mol. The van der Waals surface area contributed by atoms with E-state index in [4.69, 9.17) is 0 Å². The first kappa shape index (κ1) is 18.1. The molecule has 7 nitrogen and oxygen atoms in total. The molecule has 0 aliphatic carbocycles. The van der Waals surface area contributed by atoms with Crippen LogP contribution in [0, 0.1) is 5.92 Å². The normalized spacial score (nSPS) is 13.7. The van der Waals surface area contributed by atoms with Gasteiger partial charge in [0.1, 0.15) is 6.04 Å². The molecule has 1 amide bonds. The Labute approximate surface area is 142 Å². The molecular weight excluding hydrogens is 306 g/mol. The van der Waals surface area contributed by atoms with E-state index in [9.17, 15) is 9.90 Å². The molecule has 0 fully saturated rings. The number of amides is 1. The van der Waals surface area contributed by atoms with Crippen LogP contribution in [0.2, 0.25) is 0 Å². The van der Waals surface area contributed by atoms with Gasteiger partial charge >= 0.3 is 0 Å². The van der Waals surface area contributed by atoms with Crippen LogP contribution in [-0.4, -0.2) is 43.9 Å². The maximum absolute atomic E-state index is 12.2. The van der Waals surface area contributed by atoms with Gasteiger partial charge in [-0.3, -0.25) is 4.79 Å². The first-order valence-electron chi connectivity index (χ1n) is 8.37. The first-order valence-corrected chi connectivity index (χ1v) is 8.37. The van der Waals surface area contributed by atoms with Gasteiger partial charge in [-0.1, -0.05) is 57.0 Å². The van der Waals surface area contributed by atoms with E-state index in [1.165, 1.54) is 4.80 Å². The number of tetrazole rings is 1. The van der Waals surface area contributed by atoms with Gasteiger partial charge in [0, 0.05) is 12.1 Å². The fourth-order valence-electron chi connectivity index (χ4n) is 2.55. The van der Waals surface area contributed by atoms with E-state index >= 15 is 0 Å². The maximum Gasteiger partial charge on any atom is 0.246 e. The van der Waals surface area contributed by atoms with Crippen LogP contribution in [0.25, 0.3) is 11.4 Å². The highest BCUT2D eigenvalue weighted by Crippen LogP contribution is 2.14. The van der Waals surface area contributed by atoms with Crippen molar-refractivity contribution in [3.8, 4) is 11.4 Å². The first-order chi connectivity index (χ1) is 11.6. The van der Waals surface area contributed by atoms with Crippen molar-refractivity contribution < 1.29 is 9.90 Å². The quantitative estimate of drug-likeness (QED) is 0.769. The van der Waals surface area contributed by atoms with Crippen LogP contribution in [-0.2, 0) is 4.79 Å². The molecular formula is C17H25N5O2. The van der Waals surface area contributed by atoms with Crippen molar-refractivity contribution in [3.05, 3.63) is 30.3 Å². The minimum absolute atomic E-state index is 0.190. The third kappa shape index (κ3) is 4.38. The zero-order valence-corrected chi connectivity index (χ0v) is 14.4. The number of nitrogens with zero attached hydrogens (tertiary/aromatic N) is 4. The number of hydrogen-bond donors (Lipinski definition) is 2. The third-order valence-electron chi connectivity index (χ3n) is 4.26. The molecule has 1 aromatic carbocycles. The average molecular weight is 331 g/mol. The summed E-state index contributed by atoms with van der Waals surface area (Å²) < 4.78 is 0. The summed E-state index contributed by atoms with van der Waals surface area (Å²) in [6.07, 6.45) is 1.22. The molecule has 0 bridgehead atoms. The van der Waals surface area contributed by atoms with Crippen molar-refractivity contribution in [2.75, 3.05) is 6.54 Å². The van der Waals surface area contributed by atoms with Crippen LogP contribution in [0.3, 0.4) is 0 Å². The SMILES string of the molecule is CCC(CC)C(O)CNC(=O)C(C)n1nnc(-c2ccccc2)n1. The molecule has 0 saturated carbocycles. The number of aliphatic hydroxyl groups excluding tert-OH is 1. The molecule has 0 aliphatic rings. The highest BCUT2D eigenvalue weighted by Gasteiger charge is 2.21. The van der Waals surface area contributed by atoms with E-state index < -0.39 is 12.1 Å². The minimum Gasteiger partial charge on any atom is -0.391 e. The molecule has 7 heteroatoms. The van der Waals surface area contributed by atoms with E-state index in [1.807, 2.05) is 44.2 Å². The highest BCUT2D eigenvalue weighted by molar-refractivity contribution is 5.79. The molecule has 2 unspecified atom stereocenters. The Hall–Kier alpha value is -2.28. The number of aliphatic hydroxyl groups is 1. The zero-order chi connectivity index (χ0) is 17.5. The molecule has 0 spiro atoms. The lowest BCUT2D eigenvalue weighted by molar-refractivity contribution is -0.125. The van der Waals surface area contributed by atoms with Crippen LogP contribution >= 0.6 is 0 Å². The fourth-order valence-corrected chi connectivity index (χ4v) is 2.55. The largest absolute Gasteiger partial charge is 0.391 e. The molecule has 0 saturated heterocycles. The number of nitrogens with one attached hydrogen (secondary N) is 1. The van der Waals surface area contributed by atoms with E-state index in [0.717, 1.165) is 18.4 Å². The summed E-state index contributed by atoms with van der Waals surface area (Å²) in [6.45, 7) is 6.00. The highest BCUT2D eigenvalue weighted by atomic mass is 16.3. The summed E-state index contributed by atoms with van der Waals surface area (Å²) in [5.74, 6) is 0.430. The Morgan fingerprint density at radius 3 is 2.54 bits per heavy atom. The van der Waals surface area contributed by atoms with E-state index in [0.29, 0.717) is 5.82 Å². The van der Waals surface area contributed by atoms with Gasteiger partial charge in [-0.05, 0) is 18.1 Å². The second kappa shape index (κ2) is 8.54. The standard InChI is InChI=1S/C17H25N5O2/c1-4-13(5-2)15(23)11-18-17(24)12(3)22-20-16(19-21-22)14-9-7-6-8-10-14/h6-10,12-13,15,23H,4-5,11H2,1-3H3,(H,18,24). The Kier molecular flexibility index (Phi) is 6.43. The molecule has 2 rings (SSSR count). The molecule has 24 heavy (non-hydrogen) atoms. The maximum atomic E-state index is 12.2. The second-order valence-corrected chi connectivity index (χ2v) is 5.86. The molecule has 0 aliphatic heterocycles. The average Bonchev–Trinajstić information content (AvgIpc) is 3.11. The van der Waals surface area contributed by atoms with Crippen molar-refractivity contribution in [3.63, 3.8) is 0 Å². The lowest BCUT2D eigenvalue weighted by Crippen LogP contribution is -2.39. The third-order valence-corrected chi connectivity index (χ3v) is 4.26. The lowest BCUT2D eigenvalue weighted by atomic mass is 9.96. The number of aromatic nitrogens is 4.